The highest BCUT2D eigenvalue weighted by atomic mass is 31.2. The Morgan fingerprint density at radius 1 is 0.431 bits per heavy atom. The normalized spacial score (nSPS) is 13.4. The van der Waals surface area contributed by atoms with E-state index in [1.807, 2.05) is 21.1 Å². The molecule has 0 bridgehead atoms. The molecule has 0 fully saturated rings. The topological polar surface area (TPSA) is 111 Å². The van der Waals surface area contributed by atoms with Crippen molar-refractivity contribution in [2.75, 3.05) is 47.5 Å². The zero-order valence-electron chi connectivity index (χ0n) is 48.4. The number of unbranched alkanes of at least 4 members (excludes halogenated alkanes) is 40. The predicted octanol–water partition coefficient (Wildman–Crippen LogP) is 18.7. The van der Waals surface area contributed by atoms with Crippen molar-refractivity contribution in [3.05, 3.63) is 24.3 Å². The first-order chi connectivity index (χ1) is 35.0. The van der Waals surface area contributed by atoms with Gasteiger partial charge < -0.3 is 27.9 Å². The highest BCUT2D eigenvalue weighted by Gasteiger charge is 2.22. The summed E-state index contributed by atoms with van der Waals surface area (Å²) in [6, 6.07) is 0. The average molecular weight is 1040 g/mol. The third-order valence-corrected chi connectivity index (χ3v) is 14.9. The molecule has 0 aliphatic rings. The largest absolute Gasteiger partial charge is 0.756 e. The van der Waals surface area contributed by atoms with E-state index in [-0.39, 0.29) is 32.0 Å². The summed E-state index contributed by atoms with van der Waals surface area (Å²) in [6.45, 7) is 4.24. The second-order valence-corrected chi connectivity index (χ2v) is 23.8. The Morgan fingerprint density at radius 3 is 1.12 bits per heavy atom. The summed E-state index contributed by atoms with van der Waals surface area (Å²) in [6.07, 6.45) is 65.5. The molecular formula is C62H120NO8P. The molecule has 0 aliphatic heterocycles. The first-order valence-electron chi connectivity index (χ1n) is 31.0. The summed E-state index contributed by atoms with van der Waals surface area (Å²) < 4.78 is 34.1. The number of quaternary nitrogens is 1. The van der Waals surface area contributed by atoms with Crippen molar-refractivity contribution in [3.8, 4) is 0 Å². The Kier molecular flexibility index (Phi) is 53.1. The zero-order valence-corrected chi connectivity index (χ0v) is 49.3. The summed E-state index contributed by atoms with van der Waals surface area (Å²) in [7, 11) is 1.17. The SMILES string of the molecule is CCCCC/C=C\C/C=C\CCCCCCCC(=O)OC(COC(=O)CCCCCCCCCCCCCCCCCCCCCCCCCCCCCCCCCCC)COP(=O)([O-])OCC[N+](C)(C)C. The Bertz CT molecular complexity index is 1270. The third kappa shape index (κ3) is 57.8. The second kappa shape index (κ2) is 54.3. The van der Waals surface area contributed by atoms with Gasteiger partial charge in [-0.2, -0.15) is 0 Å². The van der Waals surface area contributed by atoms with Gasteiger partial charge in [0.25, 0.3) is 7.82 Å². The van der Waals surface area contributed by atoms with E-state index in [1.165, 1.54) is 218 Å². The van der Waals surface area contributed by atoms with Crippen molar-refractivity contribution >= 4 is 19.8 Å². The van der Waals surface area contributed by atoms with Gasteiger partial charge in [-0.15, -0.1) is 0 Å². The maximum Gasteiger partial charge on any atom is 0.306 e. The van der Waals surface area contributed by atoms with Crippen LogP contribution >= 0.6 is 7.82 Å². The molecular weight excluding hydrogens is 918 g/mol. The predicted molar refractivity (Wildman–Crippen MR) is 305 cm³/mol. The molecule has 2 unspecified atom stereocenters. The van der Waals surface area contributed by atoms with Gasteiger partial charge in [-0.3, -0.25) is 14.2 Å². The van der Waals surface area contributed by atoms with Gasteiger partial charge in [0, 0.05) is 12.8 Å². The summed E-state index contributed by atoms with van der Waals surface area (Å²) in [5.74, 6) is -0.835. The van der Waals surface area contributed by atoms with Crippen LogP contribution < -0.4 is 4.89 Å². The number of ether oxygens (including phenoxy) is 2. The maximum absolute atomic E-state index is 12.7. The van der Waals surface area contributed by atoms with Gasteiger partial charge in [0.05, 0.1) is 27.7 Å². The first kappa shape index (κ1) is 70.5. The Morgan fingerprint density at radius 2 is 0.750 bits per heavy atom. The van der Waals surface area contributed by atoms with Crippen LogP contribution in [0.1, 0.15) is 309 Å². The van der Waals surface area contributed by atoms with Crippen LogP contribution in [0, 0.1) is 0 Å². The van der Waals surface area contributed by atoms with Crippen molar-refractivity contribution in [2.45, 2.75) is 315 Å². The van der Waals surface area contributed by atoms with Crippen LogP contribution in [-0.4, -0.2) is 70.0 Å². The molecule has 0 aromatic heterocycles. The quantitative estimate of drug-likeness (QED) is 0.0195. The average Bonchev–Trinajstić information content (AvgIpc) is 3.34. The van der Waals surface area contributed by atoms with Crippen LogP contribution in [0.3, 0.4) is 0 Å². The molecule has 0 aliphatic carbocycles. The Hall–Kier alpha value is -1.51. The summed E-state index contributed by atoms with van der Waals surface area (Å²) in [5, 5.41) is 0. The number of esters is 2. The third-order valence-electron chi connectivity index (χ3n) is 14.0. The fourth-order valence-corrected chi connectivity index (χ4v) is 9.89. The highest BCUT2D eigenvalue weighted by Crippen LogP contribution is 2.38. The van der Waals surface area contributed by atoms with Gasteiger partial charge in [-0.25, -0.2) is 0 Å². The smallest absolute Gasteiger partial charge is 0.306 e. The Balaban J connectivity index is 3.95. The number of likely N-dealkylation sites (N-methyl/N-ethyl adjacent to an activating group) is 1. The lowest BCUT2D eigenvalue weighted by Crippen LogP contribution is -2.37. The molecule has 10 heteroatoms. The van der Waals surface area contributed by atoms with E-state index < -0.39 is 26.5 Å². The van der Waals surface area contributed by atoms with Crippen LogP contribution in [0.2, 0.25) is 0 Å². The van der Waals surface area contributed by atoms with Crippen molar-refractivity contribution in [1.82, 2.24) is 0 Å². The highest BCUT2D eigenvalue weighted by molar-refractivity contribution is 7.45. The fourth-order valence-electron chi connectivity index (χ4n) is 9.16. The number of carbonyl (C=O) groups is 2. The maximum atomic E-state index is 12.7. The molecule has 0 aromatic carbocycles. The van der Waals surface area contributed by atoms with E-state index >= 15 is 0 Å². The second-order valence-electron chi connectivity index (χ2n) is 22.4. The number of hydrogen-bond acceptors (Lipinski definition) is 8. The summed E-state index contributed by atoms with van der Waals surface area (Å²) in [4.78, 5) is 37.8. The minimum atomic E-state index is -4.63. The monoisotopic (exact) mass is 1040 g/mol. The molecule has 0 aromatic rings. The van der Waals surface area contributed by atoms with E-state index in [4.69, 9.17) is 18.5 Å². The van der Waals surface area contributed by atoms with Crippen molar-refractivity contribution in [1.29, 1.82) is 0 Å². The fraction of sp³-hybridized carbons (Fsp3) is 0.903. The molecule has 72 heavy (non-hydrogen) atoms. The van der Waals surface area contributed by atoms with E-state index in [0.29, 0.717) is 17.4 Å². The molecule has 0 amide bonds. The first-order valence-corrected chi connectivity index (χ1v) is 32.5. The minimum absolute atomic E-state index is 0.0315. The summed E-state index contributed by atoms with van der Waals surface area (Å²) >= 11 is 0. The van der Waals surface area contributed by atoms with Crippen molar-refractivity contribution < 1.29 is 42.1 Å². The van der Waals surface area contributed by atoms with Crippen LogP contribution in [-0.2, 0) is 32.7 Å². The number of nitrogens with zero attached hydrogens (tertiary/aromatic N) is 1. The molecule has 0 radical (unpaired) electrons. The van der Waals surface area contributed by atoms with E-state index in [9.17, 15) is 19.0 Å². The lowest BCUT2D eigenvalue weighted by Gasteiger charge is -2.28. The van der Waals surface area contributed by atoms with Gasteiger partial charge in [0.2, 0.25) is 0 Å². The molecule has 0 rings (SSSR count). The minimum Gasteiger partial charge on any atom is -0.756 e. The lowest BCUT2D eigenvalue weighted by molar-refractivity contribution is -0.870. The number of allylic oxidation sites excluding steroid dienone is 4. The van der Waals surface area contributed by atoms with E-state index in [0.717, 1.165) is 57.8 Å². The van der Waals surface area contributed by atoms with Gasteiger partial charge in [0.15, 0.2) is 6.10 Å². The number of hydrogen-bond donors (Lipinski definition) is 0. The molecule has 0 saturated heterocycles. The summed E-state index contributed by atoms with van der Waals surface area (Å²) in [5.41, 5.74) is 0. The van der Waals surface area contributed by atoms with Crippen molar-refractivity contribution in [3.63, 3.8) is 0 Å². The van der Waals surface area contributed by atoms with Gasteiger partial charge >= 0.3 is 11.9 Å². The molecule has 2 atom stereocenters. The van der Waals surface area contributed by atoms with Crippen LogP contribution in [0.25, 0.3) is 0 Å². The molecule has 0 saturated carbocycles. The number of carbonyl (C=O) groups excluding carboxylic acids is 2. The van der Waals surface area contributed by atoms with Crippen LogP contribution in [0.15, 0.2) is 24.3 Å². The lowest BCUT2D eigenvalue weighted by atomic mass is 10.0. The molecule has 9 nitrogen and oxygen atoms in total. The van der Waals surface area contributed by atoms with E-state index in [1.54, 1.807) is 0 Å². The van der Waals surface area contributed by atoms with Crippen LogP contribution in [0.4, 0.5) is 0 Å². The van der Waals surface area contributed by atoms with Crippen molar-refractivity contribution in [2.24, 2.45) is 0 Å². The van der Waals surface area contributed by atoms with Gasteiger partial charge in [-0.05, 0) is 44.9 Å². The number of rotatable bonds is 58. The molecule has 0 heterocycles. The van der Waals surface area contributed by atoms with E-state index in [2.05, 4.69) is 38.2 Å². The number of phosphoric acid groups is 1. The van der Waals surface area contributed by atoms with Crippen LogP contribution in [0.5, 0.6) is 0 Å². The number of phosphoric ester groups is 1. The van der Waals surface area contributed by atoms with Gasteiger partial charge in [-0.1, -0.05) is 276 Å². The molecule has 0 N–H and O–H groups in total. The zero-order chi connectivity index (χ0) is 52.7. The molecule has 0 spiro atoms. The Labute approximate surface area is 447 Å². The van der Waals surface area contributed by atoms with Gasteiger partial charge in [0.1, 0.15) is 19.8 Å². The molecule has 426 valence electrons. The standard InChI is InChI=1S/C62H120NO8P/c1-6-8-10-12-14-16-18-20-22-23-24-25-26-27-28-29-30-31-32-33-34-35-36-37-38-39-41-42-44-46-48-50-52-54-61(64)68-58-60(59-70-72(66,67)69-57-56-63(3,4)5)71-62(65)55-53-51-49-47-45-43-40-21-19-17-15-13-11-9-7-2/h15,17,21,40,60H,6-14,16,18-20,22-39,41-59H2,1-5H3/b17-15-,40-21-.